The molecular weight excluding hydrogens is 228 g/mol. The van der Waals surface area contributed by atoms with Crippen LogP contribution in [0.25, 0.3) is 0 Å². The Bertz CT molecular complexity index is 343. The summed E-state index contributed by atoms with van der Waals surface area (Å²) in [6.45, 7) is 2.95. The summed E-state index contributed by atoms with van der Waals surface area (Å²) in [7, 11) is 0. The Morgan fingerprint density at radius 2 is 2.27 bits per heavy atom. The van der Waals surface area contributed by atoms with Gasteiger partial charge in [0, 0.05) is 24.2 Å². The zero-order valence-corrected chi connectivity index (χ0v) is 10.4. The SMILES string of the molecule is CSC(C)CNc1nccnc1C(N)=S. The first-order chi connectivity index (χ1) is 7.15. The Kier molecular flexibility index (Phi) is 4.77. The van der Waals surface area contributed by atoms with Crippen molar-refractivity contribution in [2.45, 2.75) is 12.2 Å². The molecule has 3 N–H and O–H groups in total. The summed E-state index contributed by atoms with van der Waals surface area (Å²) in [5.41, 5.74) is 6.09. The van der Waals surface area contributed by atoms with Gasteiger partial charge in [0.1, 0.15) is 10.7 Å². The normalized spacial score (nSPS) is 12.1. The van der Waals surface area contributed by atoms with Gasteiger partial charge in [-0.3, -0.25) is 0 Å². The smallest absolute Gasteiger partial charge is 0.155 e. The number of thioether (sulfide) groups is 1. The maximum Gasteiger partial charge on any atom is 0.155 e. The van der Waals surface area contributed by atoms with E-state index in [2.05, 4.69) is 28.5 Å². The second-order valence-corrected chi connectivity index (χ2v) is 4.76. The average molecular weight is 242 g/mol. The zero-order chi connectivity index (χ0) is 11.3. The number of nitrogens with one attached hydrogen (secondary N) is 1. The Morgan fingerprint density at radius 3 is 2.87 bits per heavy atom. The van der Waals surface area contributed by atoms with E-state index >= 15 is 0 Å². The van der Waals surface area contributed by atoms with E-state index < -0.39 is 0 Å². The van der Waals surface area contributed by atoms with Gasteiger partial charge in [0.15, 0.2) is 5.82 Å². The van der Waals surface area contributed by atoms with E-state index in [9.17, 15) is 0 Å². The van der Waals surface area contributed by atoms with Crippen molar-refractivity contribution in [3.05, 3.63) is 18.1 Å². The number of hydrogen-bond acceptors (Lipinski definition) is 5. The van der Waals surface area contributed by atoms with Crippen LogP contribution in [-0.2, 0) is 0 Å². The summed E-state index contributed by atoms with van der Waals surface area (Å²) in [5, 5.41) is 3.69. The molecule has 0 saturated carbocycles. The summed E-state index contributed by atoms with van der Waals surface area (Å²) >= 11 is 6.67. The Balaban J connectivity index is 2.72. The Morgan fingerprint density at radius 1 is 1.60 bits per heavy atom. The lowest BCUT2D eigenvalue weighted by Crippen LogP contribution is -2.19. The molecule has 0 radical (unpaired) electrons. The van der Waals surface area contributed by atoms with Crippen LogP contribution in [0.4, 0.5) is 5.82 Å². The van der Waals surface area contributed by atoms with Crippen LogP contribution in [0.3, 0.4) is 0 Å². The van der Waals surface area contributed by atoms with Gasteiger partial charge in [-0.2, -0.15) is 11.8 Å². The summed E-state index contributed by atoms with van der Waals surface area (Å²) in [6.07, 6.45) is 5.27. The first kappa shape index (κ1) is 12.2. The highest BCUT2D eigenvalue weighted by Gasteiger charge is 2.08. The maximum atomic E-state index is 5.54. The number of rotatable bonds is 5. The molecule has 1 aromatic rings. The minimum Gasteiger partial charge on any atom is -0.388 e. The van der Waals surface area contributed by atoms with Crippen LogP contribution in [0.1, 0.15) is 12.6 Å². The molecule has 1 rings (SSSR count). The predicted octanol–water partition coefficient (Wildman–Crippen LogP) is 1.27. The van der Waals surface area contributed by atoms with Crippen molar-refractivity contribution >= 4 is 34.8 Å². The molecule has 1 unspecified atom stereocenters. The number of anilines is 1. The van der Waals surface area contributed by atoms with E-state index in [1.165, 1.54) is 0 Å². The number of thiocarbonyl (C=S) groups is 1. The van der Waals surface area contributed by atoms with Crippen molar-refractivity contribution in [3.63, 3.8) is 0 Å². The van der Waals surface area contributed by atoms with E-state index in [1.54, 1.807) is 24.2 Å². The fraction of sp³-hybridized carbons (Fsp3) is 0.444. The lowest BCUT2D eigenvalue weighted by atomic mass is 10.4. The first-order valence-corrected chi connectivity index (χ1v) is 6.22. The summed E-state index contributed by atoms with van der Waals surface area (Å²) < 4.78 is 0. The highest BCUT2D eigenvalue weighted by molar-refractivity contribution is 7.99. The largest absolute Gasteiger partial charge is 0.388 e. The molecule has 1 atom stereocenters. The summed E-state index contributed by atoms with van der Waals surface area (Å²) in [5.74, 6) is 0.658. The molecule has 0 saturated heterocycles. The highest BCUT2D eigenvalue weighted by atomic mass is 32.2. The lowest BCUT2D eigenvalue weighted by Gasteiger charge is -2.12. The molecule has 0 amide bonds. The van der Waals surface area contributed by atoms with Crippen LogP contribution in [0, 0.1) is 0 Å². The topological polar surface area (TPSA) is 63.8 Å². The lowest BCUT2D eigenvalue weighted by molar-refractivity contribution is 0.984. The molecule has 1 aromatic heterocycles. The molecule has 0 fully saturated rings. The van der Waals surface area contributed by atoms with Crippen molar-refractivity contribution in [3.8, 4) is 0 Å². The van der Waals surface area contributed by atoms with E-state index in [4.69, 9.17) is 18.0 Å². The third kappa shape index (κ3) is 3.64. The van der Waals surface area contributed by atoms with Gasteiger partial charge in [0.25, 0.3) is 0 Å². The van der Waals surface area contributed by atoms with Gasteiger partial charge in [-0.1, -0.05) is 19.1 Å². The Labute approximate surface area is 99.1 Å². The Hall–Kier alpha value is -0.880. The monoisotopic (exact) mass is 242 g/mol. The molecule has 1 heterocycles. The van der Waals surface area contributed by atoms with E-state index in [-0.39, 0.29) is 4.99 Å². The highest BCUT2D eigenvalue weighted by Crippen LogP contribution is 2.10. The summed E-state index contributed by atoms with van der Waals surface area (Å²) in [4.78, 5) is 8.51. The van der Waals surface area contributed by atoms with Crippen LogP contribution in [0.2, 0.25) is 0 Å². The molecular formula is C9H14N4S2. The van der Waals surface area contributed by atoms with Gasteiger partial charge < -0.3 is 11.1 Å². The molecule has 6 heteroatoms. The maximum absolute atomic E-state index is 5.54. The molecule has 15 heavy (non-hydrogen) atoms. The predicted molar refractivity (Wildman–Crippen MR) is 69.4 cm³/mol. The van der Waals surface area contributed by atoms with E-state index in [0.29, 0.717) is 16.8 Å². The number of aromatic nitrogens is 2. The van der Waals surface area contributed by atoms with Crippen molar-refractivity contribution in [2.75, 3.05) is 18.1 Å². The van der Waals surface area contributed by atoms with Crippen LogP contribution < -0.4 is 11.1 Å². The number of hydrogen-bond donors (Lipinski definition) is 2. The van der Waals surface area contributed by atoms with Gasteiger partial charge in [0.2, 0.25) is 0 Å². The van der Waals surface area contributed by atoms with Crippen LogP contribution in [0.5, 0.6) is 0 Å². The molecule has 0 aromatic carbocycles. The van der Waals surface area contributed by atoms with Crippen LogP contribution >= 0.6 is 24.0 Å². The average Bonchev–Trinajstić information content (AvgIpc) is 2.26. The van der Waals surface area contributed by atoms with Crippen LogP contribution in [-0.4, -0.2) is 33.0 Å². The van der Waals surface area contributed by atoms with Gasteiger partial charge >= 0.3 is 0 Å². The van der Waals surface area contributed by atoms with E-state index in [0.717, 1.165) is 6.54 Å². The van der Waals surface area contributed by atoms with Crippen molar-refractivity contribution in [1.82, 2.24) is 9.97 Å². The van der Waals surface area contributed by atoms with Gasteiger partial charge in [0.05, 0.1) is 0 Å². The molecule has 0 aliphatic rings. The molecule has 4 nitrogen and oxygen atoms in total. The first-order valence-electron chi connectivity index (χ1n) is 4.52. The van der Waals surface area contributed by atoms with Crippen molar-refractivity contribution in [2.24, 2.45) is 5.73 Å². The molecule has 0 spiro atoms. The third-order valence-corrected chi connectivity index (χ3v) is 3.06. The minimum atomic E-state index is 0.266. The van der Waals surface area contributed by atoms with Crippen molar-refractivity contribution in [1.29, 1.82) is 0 Å². The van der Waals surface area contributed by atoms with Gasteiger partial charge in [-0.15, -0.1) is 0 Å². The fourth-order valence-electron chi connectivity index (χ4n) is 0.971. The second-order valence-electron chi connectivity index (χ2n) is 3.05. The number of nitrogens with two attached hydrogens (primary N) is 1. The third-order valence-electron chi connectivity index (χ3n) is 1.89. The van der Waals surface area contributed by atoms with Gasteiger partial charge in [-0.05, 0) is 6.26 Å². The molecule has 82 valence electrons. The quantitative estimate of drug-likeness (QED) is 0.758. The number of nitrogens with zero attached hydrogens (tertiary/aromatic N) is 2. The zero-order valence-electron chi connectivity index (χ0n) is 8.73. The van der Waals surface area contributed by atoms with Crippen molar-refractivity contribution < 1.29 is 0 Å². The summed E-state index contributed by atoms with van der Waals surface area (Å²) in [6, 6.07) is 0. The minimum absolute atomic E-state index is 0.266. The van der Waals surface area contributed by atoms with Gasteiger partial charge in [-0.25, -0.2) is 9.97 Å². The van der Waals surface area contributed by atoms with Crippen LogP contribution in [0.15, 0.2) is 12.4 Å². The fourth-order valence-corrected chi connectivity index (χ4v) is 1.37. The molecule has 0 aliphatic heterocycles. The molecule has 0 aliphatic carbocycles. The van der Waals surface area contributed by atoms with E-state index in [1.807, 2.05) is 0 Å². The second kappa shape index (κ2) is 5.87. The molecule has 0 bridgehead atoms. The standard InChI is InChI=1S/C9H14N4S2/c1-6(15-2)5-13-9-7(8(10)14)11-3-4-12-9/h3-4,6H,5H2,1-2H3,(H2,10,14)(H,12,13).